The first-order valence-electron chi connectivity index (χ1n) is 7.30. The summed E-state index contributed by atoms with van der Waals surface area (Å²) in [6.07, 6.45) is -1.12. The lowest BCUT2D eigenvalue weighted by atomic mass is 10.1. The molecule has 1 atom stereocenters. The van der Waals surface area contributed by atoms with Gasteiger partial charge in [-0.25, -0.2) is 4.39 Å². The highest BCUT2D eigenvalue weighted by Crippen LogP contribution is 2.28. The van der Waals surface area contributed by atoms with E-state index < -0.39 is 28.4 Å². The van der Waals surface area contributed by atoms with Gasteiger partial charge in [-0.1, -0.05) is 12.1 Å². The molecule has 0 aliphatic carbocycles. The molecule has 0 fully saturated rings. The average molecular weight is 346 g/mol. The highest BCUT2D eigenvalue weighted by molar-refractivity contribution is 5.98. The maximum atomic E-state index is 13.3. The van der Waals surface area contributed by atoms with Crippen molar-refractivity contribution in [1.82, 2.24) is 0 Å². The third-order valence-electron chi connectivity index (χ3n) is 3.33. The molecule has 8 heteroatoms. The number of hydrogen-bond acceptors (Lipinski definition) is 5. The van der Waals surface area contributed by atoms with Crippen LogP contribution >= 0.6 is 0 Å². The van der Waals surface area contributed by atoms with Gasteiger partial charge in [0.1, 0.15) is 5.82 Å². The Labute approximate surface area is 142 Å². The van der Waals surface area contributed by atoms with Gasteiger partial charge in [-0.15, -0.1) is 0 Å². The van der Waals surface area contributed by atoms with Crippen LogP contribution in [-0.2, 0) is 4.79 Å². The number of nitro benzene ring substituents is 1. The minimum Gasteiger partial charge on any atom is -0.474 e. The highest BCUT2D eigenvalue weighted by atomic mass is 19.1. The van der Waals surface area contributed by atoms with E-state index >= 15 is 0 Å². The van der Waals surface area contributed by atoms with Gasteiger partial charge in [0, 0.05) is 23.4 Å². The summed E-state index contributed by atoms with van der Waals surface area (Å²) >= 11 is 0. The Morgan fingerprint density at radius 2 is 1.96 bits per heavy atom. The number of carbonyl (C=O) groups excluding carboxylic acids is 2. The van der Waals surface area contributed by atoms with E-state index in [0.29, 0.717) is 11.3 Å². The molecule has 0 saturated heterocycles. The van der Waals surface area contributed by atoms with Gasteiger partial charge in [-0.3, -0.25) is 19.7 Å². The molecule has 2 aromatic rings. The summed E-state index contributed by atoms with van der Waals surface area (Å²) in [6, 6.07) is 9.04. The molecule has 130 valence electrons. The monoisotopic (exact) mass is 346 g/mol. The third kappa shape index (κ3) is 4.60. The number of anilines is 1. The normalized spacial score (nSPS) is 11.5. The molecule has 0 unspecified atom stereocenters. The van der Waals surface area contributed by atoms with Crippen molar-refractivity contribution in [3.8, 4) is 5.75 Å². The molecule has 25 heavy (non-hydrogen) atoms. The van der Waals surface area contributed by atoms with Crippen LogP contribution in [0.25, 0.3) is 0 Å². The Morgan fingerprint density at radius 1 is 1.24 bits per heavy atom. The van der Waals surface area contributed by atoms with Gasteiger partial charge in [0.15, 0.2) is 11.9 Å². The summed E-state index contributed by atoms with van der Waals surface area (Å²) in [4.78, 5) is 33.8. The predicted molar refractivity (Wildman–Crippen MR) is 88.2 cm³/mol. The summed E-state index contributed by atoms with van der Waals surface area (Å²) in [7, 11) is 0. The molecule has 0 aliphatic rings. The van der Waals surface area contributed by atoms with Crippen molar-refractivity contribution >= 4 is 23.1 Å². The lowest BCUT2D eigenvalue weighted by Crippen LogP contribution is -2.30. The molecule has 0 aliphatic heterocycles. The molecule has 0 bridgehead atoms. The van der Waals surface area contributed by atoms with E-state index in [1.165, 1.54) is 19.9 Å². The molecule has 0 aromatic heterocycles. The smallest absolute Gasteiger partial charge is 0.311 e. The van der Waals surface area contributed by atoms with Crippen molar-refractivity contribution in [3.63, 3.8) is 0 Å². The summed E-state index contributed by atoms with van der Waals surface area (Å²) in [5, 5.41) is 13.5. The fraction of sp³-hybridized carbons (Fsp3) is 0.176. The number of carbonyl (C=O) groups is 2. The second kappa shape index (κ2) is 7.52. The van der Waals surface area contributed by atoms with Crippen LogP contribution < -0.4 is 10.1 Å². The van der Waals surface area contributed by atoms with Gasteiger partial charge >= 0.3 is 5.69 Å². The quantitative estimate of drug-likeness (QED) is 0.491. The number of nitro groups is 1. The first-order chi connectivity index (χ1) is 11.8. The highest BCUT2D eigenvalue weighted by Gasteiger charge is 2.22. The van der Waals surface area contributed by atoms with E-state index in [4.69, 9.17) is 4.74 Å². The van der Waals surface area contributed by atoms with Crippen LogP contribution in [-0.4, -0.2) is 22.7 Å². The number of benzene rings is 2. The minimum absolute atomic E-state index is 0.157. The largest absolute Gasteiger partial charge is 0.474 e. The lowest BCUT2D eigenvalue weighted by molar-refractivity contribution is -0.386. The van der Waals surface area contributed by atoms with E-state index in [-0.39, 0.29) is 11.5 Å². The fourth-order valence-corrected chi connectivity index (χ4v) is 2.04. The van der Waals surface area contributed by atoms with Crippen molar-refractivity contribution in [2.75, 3.05) is 5.32 Å². The number of nitrogens with one attached hydrogen (secondary N) is 1. The number of ketones is 1. The molecular formula is C17H15FN2O5. The molecule has 0 saturated carbocycles. The second-order valence-electron chi connectivity index (χ2n) is 5.26. The number of ether oxygens (including phenoxy) is 1. The molecule has 1 N–H and O–H groups in total. The van der Waals surface area contributed by atoms with Crippen LogP contribution in [0.2, 0.25) is 0 Å². The zero-order chi connectivity index (χ0) is 18.6. The lowest BCUT2D eigenvalue weighted by Gasteiger charge is -2.15. The van der Waals surface area contributed by atoms with Crippen molar-refractivity contribution in [1.29, 1.82) is 0 Å². The summed E-state index contributed by atoms with van der Waals surface area (Å²) < 4.78 is 18.5. The van der Waals surface area contributed by atoms with Gasteiger partial charge in [0.25, 0.3) is 5.91 Å². The second-order valence-corrected chi connectivity index (χ2v) is 5.26. The summed E-state index contributed by atoms with van der Waals surface area (Å²) in [6.45, 7) is 2.77. The number of Topliss-reactive ketones (excluding diaryl/α,β-unsaturated/α-hetero) is 1. The molecule has 0 heterocycles. The van der Waals surface area contributed by atoms with Gasteiger partial charge in [-0.2, -0.15) is 0 Å². The molecule has 2 aromatic carbocycles. The van der Waals surface area contributed by atoms with E-state index in [2.05, 4.69) is 5.32 Å². The van der Waals surface area contributed by atoms with Gasteiger partial charge in [0.2, 0.25) is 5.75 Å². The number of rotatable bonds is 6. The first-order valence-corrected chi connectivity index (χ1v) is 7.30. The van der Waals surface area contributed by atoms with Crippen LogP contribution in [0, 0.1) is 15.9 Å². The topological polar surface area (TPSA) is 98.5 Å². The summed E-state index contributed by atoms with van der Waals surface area (Å²) in [5.41, 5.74) is 0.355. The van der Waals surface area contributed by atoms with Crippen molar-refractivity contribution in [2.24, 2.45) is 0 Å². The van der Waals surface area contributed by atoms with Gasteiger partial charge < -0.3 is 10.1 Å². The standard InChI is InChI=1S/C17H15FN2O5/c1-10(21)12-4-3-5-14(8-12)19-17(22)11(2)25-16-9-13(18)6-7-15(16)20(23)24/h3-9,11H,1-2H3,(H,19,22)/t11-/m0/s1. The predicted octanol–water partition coefficient (Wildman–Crippen LogP) is 3.34. The summed E-state index contributed by atoms with van der Waals surface area (Å²) in [5.74, 6) is -1.82. The van der Waals surface area contributed by atoms with Crippen LogP contribution in [0.15, 0.2) is 42.5 Å². The van der Waals surface area contributed by atoms with Gasteiger partial charge in [0.05, 0.1) is 4.92 Å². The van der Waals surface area contributed by atoms with E-state index in [1.54, 1.807) is 18.2 Å². The van der Waals surface area contributed by atoms with E-state index in [0.717, 1.165) is 18.2 Å². The van der Waals surface area contributed by atoms with E-state index in [9.17, 15) is 24.1 Å². The average Bonchev–Trinajstić information content (AvgIpc) is 2.54. The van der Waals surface area contributed by atoms with Gasteiger partial charge in [-0.05, 0) is 32.0 Å². The van der Waals surface area contributed by atoms with Crippen molar-refractivity contribution in [2.45, 2.75) is 20.0 Å². The third-order valence-corrected chi connectivity index (χ3v) is 3.33. The Bertz CT molecular complexity index is 838. The Morgan fingerprint density at radius 3 is 2.60 bits per heavy atom. The molecule has 1 amide bonds. The maximum absolute atomic E-state index is 13.3. The zero-order valence-corrected chi connectivity index (χ0v) is 13.5. The molecule has 7 nitrogen and oxygen atoms in total. The fourth-order valence-electron chi connectivity index (χ4n) is 2.04. The van der Waals surface area contributed by atoms with Crippen molar-refractivity contribution < 1.29 is 23.6 Å². The first kappa shape index (κ1) is 18.1. The van der Waals surface area contributed by atoms with Crippen LogP contribution in [0.1, 0.15) is 24.2 Å². The van der Waals surface area contributed by atoms with Crippen molar-refractivity contribution in [3.05, 3.63) is 64.0 Å². The number of hydrogen-bond donors (Lipinski definition) is 1. The van der Waals surface area contributed by atoms with Crippen LogP contribution in [0.4, 0.5) is 15.8 Å². The maximum Gasteiger partial charge on any atom is 0.311 e. The Balaban J connectivity index is 2.13. The number of amides is 1. The molecule has 2 rings (SSSR count). The van der Waals surface area contributed by atoms with Crippen LogP contribution in [0.5, 0.6) is 5.75 Å². The zero-order valence-electron chi connectivity index (χ0n) is 13.5. The number of halogens is 1. The minimum atomic E-state index is -1.12. The SMILES string of the molecule is CC(=O)c1cccc(NC(=O)[C@H](C)Oc2cc(F)ccc2[N+](=O)[O-])c1. The Kier molecular flexibility index (Phi) is 5.43. The number of nitrogens with zero attached hydrogens (tertiary/aromatic N) is 1. The molecule has 0 spiro atoms. The molecular weight excluding hydrogens is 331 g/mol. The molecule has 0 radical (unpaired) electrons. The Hall–Kier alpha value is -3.29. The van der Waals surface area contributed by atoms with Crippen LogP contribution in [0.3, 0.4) is 0 Å². The van der Waals surface area contributed by atoms with E-state index in [1.807, 2.05) is 0 Å².